The van der Waals surface area contributed by atoms with E-state index in [0.29, 0.717) is 12.5 Å². The molecule has 5 nitrogen and oxygen atoms in total. The first-order chi connectivity index (χ1) is 7.79. The zero-order valence-electron chi connectivity index (χ0n) is 9.45. The van der Waals surface area contributed by atoms with Gasteiger partial charge in [0.25, 0.3) is 5.56 Å². The molecular formula is C11H17N3O2. The van der Waals surface area contributed by atoms with Gasteiger partial charge in [-0.3, -0.25) is 4.79 Å². The Morgan fingerprint density at radius 3 is 3.00 bits per heavy atom. The molecule has 0 atom stereocenters. The van der Waals surface area contributed by atoms with Gasteiger partial charge in [0.2, 0.25) is 0 Å². The molecule has 2 rings (SSSR count). The van der Waals surface area contributed by atoms with Gasteiger partial charge < -0.3 is 15.0 Å². The Kier molecular flexibility index (Phi) is 3.69. The van der Waals surface area contributed by atoms with Crippen LogP contribution in [0.2, 0.25) is 0 Å². The smallest absolute Gasteiger partial charge is 0.251 e. The molecule has 1 aliphatic rings. The van der Waals surface area contributed by atoms with E-state index < -0.39 is 0 Å². The summed E-state index contributed by atoms with van der Waals surface area (Å²) in [5.41, 5.74) is 0.731. The van der Waals surface area contributed by atoms with Gasteiger partial charge in [0.15, 0.2) is 0 Å². The van der Waals surface area contributed by atoms with E-state index in [1.54, 1.807) is 6.07 Å². The summed E-state index contributed by atoms with van der Waals surface area (Å²) in [7, 11) is 1.84. The minimum absolute atomic E-state index is 0.0678. The lowest BCUT2D eigenvalue weighted by Gasteiger charge is -2.21. The lowest BCUT2D eigenvalue weighted by Crippen LogP contribution is -2.22. The van der Waals surface area contributed by atoms with Crippen LogP contribution in [0, 0.1) is 0 Å². The molecule has 0 unspecified atom stereocenters. The third-order valence-electron chi connectivity index (χ3n) is 2.78. The van der Waals surface area contributed by atoms with Crippen LogP contribution in [0.5, 0.6) is 0 Å². The number of rotatable bonds is 3. The number of hydrogen-bond donors (Lipinski definition) is 2. The second-order valence-electron chi connectivity index (χ2n) is 4.04. The Balaban J connectivity index is 2.21. The van der Waals surface area contributed by atoms with Crippen molar-refractivity contribution in [1.29, 1.82) is 0 Å². The lowest BCUT2D eigenvalue weighted by atomic mass is 9.99. The first kappa shape index (κ1) is 11.3. The van der Waals surface area contributed by atoms with Crippen LogP contribution in [-0.2, 0) is 11.3 Å². The zero-order valence-corrected chi connectivity index (χ0v) is 9.45. The minimum Gasteiger partial charge on any atom is -0.381 e. The monoisotopic (exact) mass is 223 g/mol. The van der Waals surface area contributed by atoms with Crippen LogP contribution in [0.3, 0.4) is 0 Å². The number of ether oxygens (including phenoxy) is 1. The molecule has 1 fully saturated rings. The molecule has 88 valence electrons. The van der Waals surface area contributed by atoms with E-state index in [2.05, 4.69) is 15.3 Å². The van der Waals surface area contributed by atoms with E-state index in [9.17, 15) is 4.79 Å². The van der Waals surface area contributed by atoms with E-state index in [4.69, 9.17) is 4.74 Å². The Labute approximate surface area is 94.2 Å². The van der Waals surface area contributed by atoms with Gasteiger partial charge in [0.1, 0.15) is 5.82 Å². The highest BCUT2D eigenvalue weighted by Crippen LogP contribution is 2.23. The Hall–Kier alpha value is -1.20. The fourth-order valence-electron chi connectivity index (χ4n) is 1.96. The highest BCUT2D eigenvalue weighted by atomic mass is 16.5. The van der Waals surface area contributed by atoms with Crippen LogP contribution >= 0.6 is 0 Å². The Bertz CT molecular complexity index is 396. The Morgan fingerprint density at radius 2 is 2.31 bits per heavy atom. The molecule has 0 bridgehead atoms. The molecule has 0 aliphatic carbocycles. The average Bonchev–Trinajstić information content (AvgIpc) is 2.30. The van der Waals surface area contributed by atoms with Crippen LogP contribution in [0.4, 0.5) is 0 Å². The van der Waals surface area contributed by atoms with Crippen molar-refractivity contribution in [3.05, 3.63) is 27.9 Å². The topological polar surface area (TPSA) is 67.0 Å². The molecule has 0 amide bonds. The van der Waals surface area contributed by atoms with Crippen molar-refractivity contribution in [2.24, 2.45) is 0 Å². The number of aromatic nitrogens is 2. The van der Waals surface area contributed by atoms with E-state index in [-0.39, 0.29) is 5.56 Å². The van der Waals surface area contributed by atoms with Crippen LogP contribution in [-0.4, -0.2) is 30.2 Å². The molecule has 0 spiro atoms. The predicted molar refractivity (Wildman–Crippen MR) is 60.4 cm³/mol. The van der Waals surface area contributed by atoms with Crippen molar-refractivity contribution < 1.29 is 4.74 Å². The molecule has 0 saturated carbocycles. The summed E-state index contributed by atoms with van der Waals surface area (Å²) < 4.78 is 5.30. The highest BCUT2D eigenvalue weighted by Gasteiger charge is 2.18. The lowest BCUT2D eigenvalue weighted by molar-refractivity contribution is 0.0835. The number of nitrogens with zero attached hydrogens (tertiary/aromatic N) is 1. The van der Waals surface area contributed by atoms with Crippen molar-refractivity contribution in [2.45, 2.75) is 25.3 Å². The summed E-state index contributed by atoms with van der Waals surface area (Å²) >= 11 is 0. The third-order valence-corrected chi connectivity index (χ3v) is 2.78. The van der Waals surface area contributed by atoms with Gasteiger partial charge in [-0.2, -0.15) is 0 Å². The van der Waals surface area contributed by atoms with Crippen LogP contribution in [0.25, 0.3) is 0 Å². The van der Waals surface area contributed by atoms with Crippen molar-refractivity contribution in [3.8, 4) is 0 Å². The van der Waals surface area contributed by atoms with E-state index in [1.165, 1.54) is 0 Å². The van der Waals surface area contributed by atoms with Crippen molar-refractivity contribution >= 4 is 0 Å². The second kappa shape index (κ2) is 5.23. The van der Waals surface area contributed by atoms with Crippen LogP contribution < -0.4 is 10.9 Å². The van der Waals surface area contributed by atoms with Gasteiger partial charge in [-0.1, -0.05) is 0 Å². The molecule has 1 aliphatic heterocycles. The first-order valence-electron chi connectivity index (χ1n) is 5.62. The summed E-state index contributed by atoms with van der Waals surface area (Å²) in [6.45, 7) is 2.13. The molecule has 2 N–H and O–H groups in total. The van der Waals surface area contributed by atoms with Crippen LogP contribution in [0.1, 0.15) is 30.3 Å². The van der Waals surface area contributed by atoms with Gasteiger partial charge in [0.05, 0.1) is 5.69 Å². The molecule has 16 heavy (non-hydrogen) atoms. The van der Waals surface area contributed by atoms with Gasteiger partial charge in [-0.15, -0.1) is 0 Å². The third kappa shape index (κ3) is 2.68. The maximum absolute atomic E-state index is 11.5. The molecule has 0 radical (unpaired) electrons. The van der Waals surface area contributed by atoms with Crippen molar-refractivity contribution in [2.75, 3.05) is 20.3 Å². The van der Waals surface area contributed by atoms with Crippen LogP contribution in [0.15, 0.2) is 10.9 Å². The predicted octanol–water partition coefficient (Wildman–Crippen LogP) is 0.383. The van der Waals surface area contributed by atoms with Gasteiger partial charge >= 0.3 is 0 Å². The van der Waals surface area contributed by atoms with Gasteiger partial charge in [-0.25, -0.2) is 4.98 Å². The first-order valence-corrected chi connectivity index (χ1v) is 5.62. The molecule has 0 aromatic carbocycles. The fourth-order valence-corrected chi connectivity index (χ4v) is 1.96. The summed E-state index contributed by atoms with van der Waals surface area (Å²) in [6.07, 6.45) is 1.87. The maximum Gasteiger partial charge on any atom is 0.251 e. The molecule has 1 saturated heterocycles. The standard InChI is InChI=1S/C11H17N3O2/c1-12-7-9-6-10(15)14-11(13-9)8-2-4-16-5-3-8/h6,8,12H,2-5,7H2,1H3,(H,13,14,15). The number of hydrogen-bond acceptors (Lipinski definition) is 4. The summed E-state index contributed by atoms with van der Waals surface area (Å²) in [5, 5.41) is 3.00. The Morgan fingerprint density at radius 1 is 1.56 bits per heavy atom. The summed E-state index contributed by atoms with van der Waals surface area (Å²) in [4.78, 5) is 18.8. The largest absolute Gasteiger partial charge is 0.381 e. The second-order valence-corrected chi connectivity index (χ2v) is 4.04. The molecule has 1 aromatic heterocycles. The van der Waals surface area contributed by atoms with Gasteiger partial charge in [-0.05, 0) is 19.9 Å². The molecule has 1 aromatic rings. The number of H-pyrrole nitrogens is 1. The van der Waals surface area contributed by atoms with Gasteiger partial charge in [0, 0.05) is 31.7 Å². The number of aromatic amines is 1. The number of nitrogens with one attached hydrogen (secondary N) is 2. The van der Waals surface area contributed by atoms with E-state index >= 15 is 0 Å². The maximum atomic E-state index is 11.5. The van der Waals surface area contributed by atoms with Crippen molar-refractivity contribution in [3.63, 3.8) is 0 Å². The highest BCUT2D eigenvalue weighted by molar-refractivity contribution is 5.06. The molecule has 2 heterocycles. The summed E-state index contributed by atoms with van der Waals surface area (Å²) in [5.74, 6) is 1.14. The fraction of sp³-hybridized carbons (Fsp3) is 0.636. The average molecular weight is 223 g/mol. The molecular weight excluding hydrogens is 206 g/mol. The summed E-state index contributed by atoms with van der Waals surface area (Å²) in [6, 6.07) is 1.54. The van der Waals surface area contributed by atoms with E-state index in [0.717, 1.165) is 37.6 Å². The SMILES string of the molecule is CNCc1cc(=O)[nH]c(C2CCOCC2)n1. The minimum atomic E-state index is -0.0678. The normalized spacial score (nSPS) is 17.6. The van der Waals surface area contributed by atoms with E-state index in [1.807, 2.05) is 7.05 Å². The molecule has 5 heteroatoms. The zero-order chi connectivity index (χ0) is 11.4. The quantitative estimate of drug-likeness (QED) is 0.777. The van der Waals surface area contributed by atoms with Crippen molar-refractivity contribution in [1.82, 2.24) is 15.3 Å².